The minimum atomic E-state index is -0.115. The summed E-state index contributed by atoms with van der Waals surface area (Å²) in [6.45, 7) is 2.27. The number of aromatic nitrogens is 1. The van der Waals surface area contributed by atoms with Crippen molar-refractivity contribution in [1.82, 2.24) is 10.3 Å². The van der Waals surface area contributed by atoms with Crippen molar-refractivity contribution in [1.29, 1.82) is 0 Å². The van der Waals surface area contributed by atoms with Crippen molar-refractivity contribution in [3.8, 4) is 0 Å². The number of ether oxygens (including phenoxy) is 1. The van der Waals surface area contributed by atoms with Gasteiger partial charge in [0.1, 0.15) is 10.7 Å². The summed E-state index contributed by atoms with van der Waals surface area (Å²) >= 11 is 1.34. The van der Waals surface area contributed by atoms with E-state index in [2.05, 4.69) is 15.6 Å². The molecule has 2 aliphatic rings. The first-order valence-electron chi connectivity index (χ1n) is 7.11. The highest BCUT2D eigenvalue weighted by molar-refractivity contribution is 7.18. The second kappa shape index (κ2) is 5.97. The maximum Gasteiger partial charge on any atom is 0.265 e. The van der Waals surface area contributed by atoms with E-state index >= 15 is 0 Å². The molecule has 3 rings (SSSR count). The minimum Gasteiger partial charge on any atom is -0.382 e. The van der Waals surface area contributed by atoms with Crippen LogP contribution in [0.4, 0.5) is 10.9 Å². The maximum absolute atomic E-state index is 12.1. The molecule has 0 unspecified atom stereocenters. The number of thiazole rings is 1. The predicted octanol–water partition coefficient (Wildman–Crippen LogP) is 1.46. The number of hydrogen-bond donors (Lipinski definition) is 3. The van der Waals surface area contributed by atoms with Crippen molar-refractivity contribution >= 4 is 28.2 Å². The average molecular weight is 296 g/mol. The van der Waals surface area contributed by atoms with Crippen molar-refractivity contribution in [3.05, 3.63) is 4.88 Å². The van der Waals surface area contributed by atoms with Crippen LogP contribution in [-0.4, -0.2) is 36.7 Å². The molecule has 1 aromatic rings. The molecule has 0 spiro atoms. The summed E-state index contributed by atoms with van der Waals surface area (Å²) in [5.74, 6) is 0.712. The summed E-state index contributed by atoms with van der Waals surface area (Å²) in [5.41, 5.74) is 5.83. The van der Waals surface area contributed by atoms with E-state index in [4.69, 9.17) is 10.5 Å². The number of nitrogens with two attached hydrogens (primary N) is 1. The predicted molar refractivity (Wildman–Crippen MR) is 79.0 cm³/mol. The summed E-state index contributed by atoms with van der Waals surface area (Å²) in [6, 6.07) is 0.513. The second-order valence-corrected chi connectivity index (χ2v) is 6.42. The first-order chi connectivity index (χ1) is 9.72. The summed E-state index contributed by atoms with van der Waals surface area (Å²) in [7, 11) is 0. The molecule has 6 nitrogen and oxygen atoms in total. The summed E-state index contributed by atoms with van der Waals surface area (Å²) in [5, 5.41) is 6.98. The second-order valence-electron chi connectivity index (χ2n) is 5.42. The molecule has 1 aliphatic carbocycles. The highest BCUT2D eigenvalue weighted by Crippen LogP contribution is 2.30. The Balaban J connectivity index is 1.54. The Bertz CT molecular complexity index is 481. The van der Waals surface area contributed by atoms with Gasteiger partial charge in [-0.3, -0.25) is 4.79 Å². The Morgan fingerprint density at radius 3 is 2.80 bits per heavy atom. The van der Waals surface area contributed by atoms with Crippen LogP contribution in [0.3, 0.4) is 0 Å². The number of rotatable bonds is 5. The van der Waals surface area contributed by atoms with E-state index in [9.17, 15) is 4.79 Å². The quantitative estimate of drug-likeness (QED) is 0.765. The monoisotopic (exact) mass is 296 g/mol. The lowest BCUT2D eigenvalue weighted by molar-refractivity contribution is 0.0643. The Hall–Kier alpha value is -1.34. The van der Waals surface area contributed by atoms with Crippen LogP contribution in [-0.2, 0) is 4.74 Å². The molecule has 7 heteroatoms. The normalized spacial score (nSPS) is 19.8. The van der Waals surface area contributed by atoms with Crippen LogP contribution in [0.15, 0.2) is 0 Å². The van der Waals surface area contributed by atoms with Gasteiger partial charge in [-0.15, -0.1) is 0 Å². The van der Waals surface area contributed by atoms with Gasteiger partial charge in [-0.05, 0) is 31.6 Å². The van der Waals surface area contributed by atoms with Crippen LogP contribution < -0.4 is 16.4 Å². The van der Waals surface area contributed by atoms with Gasteiger partial charge in [-0.1, -0.05) is 11.3 Å². The number of anilines is 2. The molecule has 2 fully saturated rings. The Kier molecular flexibility index (Phi) is 4.07. The molecular formula is C13H20N4O2S. The van der Waals surface area contributed by atoms with Gasteiger partial charge in [0.05, 0.1) is 0 Å². The Morgan fingerprint density at radius 2 is 2.10 bits per heavy atom. The number of carbonyl (C=O) groups excluding carboxylic acids is 1. The molecular weight excluding hydrogens is 276 g/mol. The molecule has 110 valence electrons. The molecule has 2 heterocycles. The highest BCUT2D eigenvalue weighted by Gasteiger charge is 2.24. The zero-order valence-electron chi connectivity index (χ0n) is 11.4. The van der Waals surface area contributed by atoms with Crippen molar-refractivity contribution in [2.24, 2.45) is 5.92 Å². The lowest BCUT2D eigenvalue weighted by atomic mass is 10.0. The Morgan fingerprint density at radius 1 is 1.35 bits per heavy atom. The summed E-state index contributed by atoms with van der Waals surface area (Å²) in [4.78, 5) is 16.9. The molecule has 4 N–H and O–H groups in total. The van der Waals surface area contributed by atoms with E-state index in [1.54, 1.807) is 0 Å². The van der Waals surface area contributed by atoms with E-state index in [0.29, 0.717) is 29.2 Å². The molecule has 1 saturated heterocycles. The third kappa shape index (κ3) is 3.40. The number of carbonyl (C=O) groups is 1. The van der Waals surface area contributed by atoms with E-state index in [-0.39, 0.29) is 5.91 Å². The minimum absolute atomic E-state index is 0.115. The lowest BCUT2D eigenvalue weighted by Crippen LogP contribution is -2.32. The Labute approximate surface area is 122 Å². The number of nitrogens with one attached hydrogen (secondary N) is 2. The molecule has 0 radical (unpaired) electrons. The third-order valence-corrected chi connectivity index (χ3v) is 4.66. The summed E-state index contributed by atoms with van der Waals surface area (Å²) < 4.78 is 5.31. The molecule has 0 atom stereocenters. The van der Waals surface area contributed by atoms with Crippen molar-refractivity contribution in [3.63, 3.8) is 0 Å². The molecule has 1 amide bonds. The third-order valence-electron chi connectivity index (χ3n) is 3.66. The smallest absolute Gasteiger partial charge is 0.265 e. The summed E-state index contributed by atoms with van der Waals surface area (Å²) in [6.07, 6.45) is 4.36. The fourth-order valence-corrected chi connectivity index (χ4v) is 3.10. The van der Waals surface area contributed by atoms with E-state index < -0.39 is 0 Å². The number of nitrogen functional groups attached to an aromatic ring is 1. The van der Waals surface area contributed by atoms with Crippen LogP contribution >= 0.6 is 11.3 Å². The van der Waals surface area contributed by atoms with Gasteiger partial charge in [0, 0.05) is 25.8 Å². The topological polar surface area (TPSA) is 89.3 Å². The lowest BCUT2D eigenvalue weighted by Gasteiger charge is -2.21. The zero-order valence-corrected chi connectivity index (χ0v) is 12.2. The maximum atomic E-state index is 12.1. The molecule has 0 aromatic carbocycles. The zero-order chi connectivity index (χ0) is 13.9. The fourth-order valence-electron chi connectivity index (χ4n) is 2.23. The molecule has 1 aliphatic heterocycles. The molecule has 1 saturated carbocycles. The van der Waals surface area contributed by atoms with Crippen LogP contribution in [0.25, 0.3) is 0 Å². The van der Waals surface area contributed by atoms with Gasteiger partial charge in [-0.2, -0.15) is 0 Å². The van der Waals surface area contributed by atoms with Crippen LogP contribution in [0.1, 0.15) is 35.4 Å². The van der Waals surface area contributed by atoms with Gasteiger partial charge in [0.15, 0.2) is 5.13 Å². The van der Waals surface area contributed by atoms with Gasteiger partial charge < -0.3 is 21.1 Å². The fraction of sp³-hybridized carbons (Fsp3) is 0.692. The van der Waals surface area contributed by atoms with Gasteiger partial charge >= 0.3 is 0 Å². The van der Waals surface area contributed by atoms with Crippen LogP contribution in [0.2, 0.25) is 0 Å². The van der Waals surface area contributed by atoms with Crippen molar-refractivity contribution < 1.29 is 9.53 Å². The number of amides is 1. The van der Waals surface area contributed by atoms with Crippen molar-refractivity contribution in [2.45, 2.75) is 31.7 Å². The van der Waals surface area contributed by atoms with Crippen LogP contribution in [0, 0.1) is 5.92 Å². The van der Waals surface area contributed by atoms with Gasteiger partial charge in [0.25, 0.3) is 5.91 Å². The van der Waals surface area contributed by atoms with Crippen LogP contribution in [0.5, 0.6) is 0 Å². The SMILES string of the molecule is Nc1nc(NC2CC2)sc1C(=O)NCC1CCOCC1. The molecule has 0 bridgehead atoms. The molecule has 1 aromatic heterocycles. The van der Waals surface area contributed by atoms with Crippen molar-refractivity contribution in [2.75, 3.05) is 30.8 Å². The number of hydrogen-bond acceptors (Lipinski definition) is 6. The standard InChI is InChI=1S/C13H20N4O2S/c14-11-10(20-13(17-11)16-9-1-2-9)12(18)15-7-8-3-5-19-6-4-8/h8-9H,1-7,14H2,(H,15,18)(H,16,17). The first-order valence-corrected chi connectivity index (χ1v) is 7.93. The van der Waals surface area contributed by atoms with E-state index in [0.717, 1.165) is 31.2 Å². The van der Waals surface area contributed by atoms with Gasteiger partial charge in [-0.25, -0.2) is 4.98 Å². The largest absolute Gasteiger partial charge is 0.382 e. The van der Waals surface area contributed by atoms with E-state index in [1.165, 1.54) is 24.2 Å². The highest BCUT2D eigenvalue weighted by atomic mass is 32.1. The molecule has 20 heavy (non-hydrogen) atoms. The van der Waals surface area contributed by atoms with E-state index in [1.807, 2.05) is 0 Å². The first kappa shape index (κ1) is 13.6. The number of nitrogens with zero attached hydrogens (tertiary/aromatic N) is 1. The average Bonchev–Trinajstić information content (AvgIpc) is 3.19. The van der Waals surface area contributed by atoms with Gasteiger partial charge in [0.2, 0.25) is 0 Å².